The second kappa shape index (κ2) is 7.78. The van der Waals surface area contributed by atoms with Crippen molar-refractivity contribution < 1.29 is 5.11 Å². The Kier molecular flexibility index (Phi) is 5.76. The van der Waals surface area contributed by atoms with Crippen LogP contribution in [-0.4, -0.2) is 14.7 Å². The average molecular weight is 438 g/mol. The van der Waals surface area contributed by atoms with Crippen LogP contribution in [0, 0.1) is 0 Å². The molecule has 3 rings (SSSR count). The van der Waals surface area contributed by atoms with E-state index < -0.39 is 11.4 Å². The molecule has 0 aliphatic carbocycles. The van der Waals surface area contributed by atoms with Crippen LogP contribution in [0.25, 0.3) is 11.4 Å². The van der Waals surface area contributed by atoms with E-state index in [1.165, 1.54) is 22.3 Å². The van der Waals surface area contributed by atoms with E-state index in [0.717, 1.165) is 11.6 Å². The average Bonchev–Trinajstić information content (AvgIpc) is 2.56. The van der Waals surface area contributed by atoms with Gasteiger partial charge in [-0.3, -0.25) is 9.36 Å². The molecule has 0 aliphatic heterocycles. The number of halogens is 3. The van der Waals surface area contributed by atoms with Gasteiger partial charge in [0.05, 0.1) is 28.2 Å². The third-order valence-electron chi connectivity index (χ3n) is 4.39. The number of rotatable bonds is 3. The lowest BCUT2D eigenvalue weighted by molar-refractivity contribution is 0.448. The Bertz CT molecular complexity index is 1060. The predicted octanol–water partition coefficient (Wildman–Crippen LogP) is 5.92. The first kappa shape index (κ1) is 20.7. The maximum absolute atomic E-state index is 12.6. The van der Waals surface area contributed by atoms with Gasteiger partial charge in [-0.2, -0.15) is 4.98 Å². The van der Waals surface area contributed by atoms with Crippen molar-refractivity contribution in [3.8, 4) is 17.3 Å². The van der Waals surface area contributed by atoms with Gasteiger partial charge < -0.3 is 5.11 Å². The number of aromatic nitrogens is 2. The summed E-state index contributed by atoms with van der Waals surface area (Å²) in [5, 5.41) is 10.7. The zero-order valence-corrected chi connectivity index (χ0v) is 17.9. The minimum atomic E-state index is -0.413. The molecular weight excluding hydrogens is 419 g/mol. The first-order valence-electron chi connectivity index (χ1n) is 8.61. The molecule has 0 aliphatic rings. The maximum Gasteiger partial charge on any atom is 0.257 e. The van der Waals surface area contributed by atoms with E-state index in [1.54, 1.807) is 0 Å². The second-order valence-corrected chi connectivity index (χ2v) is 8.80. The molecule has 0 bridgehead atoms. The standard InChI is InChI=1S/C21H19Cl3N2O2/c1-21(2,3)13-6-4-12(5-7-13)11-26-18(28)10-17(27)25-20(26)19-15(23)8-14(22)9-16(19)24/h4-10,27H,11H2,1-3H3. The number of benzene rings is 2. The molecule has 1 heterocycles. The molecule has 7 heteroatoms. The first-order valence-corrected chi connectivity index (χ1v) is 9.75. The lowest BCUT2D eigenvalue weighted by Gasteiger charge is -2.19. The Morgan fingerprint density at radius 2 is 1.57 bits per heavy atom. The molecule has 3 aromatic rings. The van der Waals surface area contributed by atoms with Gasteiger partial charge in [-0.25, -0.2) is 0 Å². The summed E-state index contributed by atoms with van der Waals surface area (Å²) in [6.45, 7) is 6.66. The fourth-order valence-corrected chi connectivity index (χ4v) is 3.87. The fraction of sp³-hybridized carbons (Fsp3) is 0.238. The highest BCUT2D eigenvalue weighted by atomic mass is 35.5. The molecule has 0 amide bonds. The van der Waals surface area contributed by atoms with Crippen molar-refractivity contribution in [1.82, 2.24) is 9.55 Å². The van der Waals surface area contributed by atoms with Gasteiger partial charge in [0.1, 0.15) is 5.82 Å². The molecule has 0 radical (unpaired) electrons. The van der Waals surface area contributed by atoms with Gasteiger partial charge in [0, 0.05) is 5.02 Å². The molecule has 28 heavy (non-hydrogen) atoms. The van der Waals surface area contributed by atoms with Crippen LogP contribution in [0.5, 0.6) is 5.88 Å². The van der Waals surface area contributed by atoms with E-state index in [9.17, 15) is 9.90 Å². The topological polar surface area (TPSA) is 55.1 Å². The minimum Gasteiger partial charge on any atom is -0.493 e. The van der Waals surface area contributed by atoms with Gasteiger partial charge in [-0.15, -0.1) is 0 Å². The normalized spacial score (nSPS) is 11.6. The number of aromatic hydroxyl groups is 1. The molecular formula is C21H19Cl3N2O2. The first-order chi connectivity index (χ1) is 13.1. The number of hydrogen-bond donors (Lipinski definition) is 1. The molecule has 2 aromatic carbocycles. The van der Waals surface area contributed by atoms with Gasteiger partial charge in [-0.05, 0) is 28.7 Å². The van der Waals surface area contributed by atoms with Crippen LogP contribution in [0.15, 0.2) is 47.3 Å². The molecule has 0 saturated carbocycles. The van der Waals surface area contributed by atoms with E-state index in [-0.39, 0.29) is 27.8 Å². The van der Waals surface area contributed by atoms with Crippen LogP contribution in [0.1, 0.15) is 31.9 Å². The molecule has 0 atom stereocenters. The summed E-state index contributed by atoms with van der Waals surface area (Å²) in [5.41, 5.74) is 2.06. The zero-order chi connectivity index (χ0) is 20.6. The van der Waals surface area contributed by atoms with Crippen molar-refractivity contribution in [1.29, 1.82) is 0 Å². The summed E-state index contributed by atoms with van der Waals surface area (Å²) >= 11 is 18.6. The van der Waals surface area contributed by atoms with E-state index in [1.807, 2.05) is 24.3 Å². The van der Waals surface area contributed by atoms with Gasteiger partial charge >= 0.3 is 0 Å². The third-order valence-corrected chi connectivity index (χ3v) is 5.20. The van der Waals surface area contributed by atoms with Crippen LogP contribution < -0.4 is 5.56 Å². The second-order valence-electron chi connectivity index (χ2n) is 7.55. The summed E-state index contributed by atoms with van der Waals surface area (Å²) in [5.74, 6) is -0.224. The van der Waals surface area contributed by atoms with Gasteiger partial charge in [0.2, 0.25) is 5.88 Å². The number of nitrogens with zero attached hydrogens (tertiary/aromatic N) is 2. The zero-order valence-electron chi connectivity index (χ0n) is 15.6. The van der Waals surface area contributed by atoms with Crippen molar-refractivity contribution in [2.75, 3.05) is 0 Å². The van der Waals surface area contributed by atoms with Crippen molar-refractivity contribution >= 4 is 34.8 Å². The van der Waals surface area contributed by atoms with Crippen LogP contribution in [-0.2, 0) is 12.0 Å². The Balaban J connectivity index is 2.12. The van der Waals surface area contributed by atoms with Crippen molar-refractivity contribution in [2.45, 2.75) is 32.7 Å². The van der Waals surface area contributed by atoms with Crippen molar-refractivity contribution in [3.05, 3.63) is 79.0 Å². The molecule has 0 saturated heterocycles. The highest BCUT2D eigenvalue weighted by molar-refractivity contribution is 6.41. The molecule has 0 spiro atoms. The smallest absolute Gasteiger partial charge is 0.257 e. The van der Waals surface area contributed by atoms with E-state index in [0.29, 0.717) is 10.6 Å². The molecule has 4 nitrogen and oxygen atoms in total. The molecule has 1 N–H and O–H groups in total. The Morgan fingerprint density at radius 3 is 2.11 bits per heavy atom. The van der Waals surface area contributed by atoms with Gasteiger partial charge in [0.25, 0.3) is 5.56 Å². The summed E-state index contributed by atoms with van der Waals surface area (Å²) in [7, 11) is 0. The van der Waals surface area contributed by atoms with E-state index in [4.69, 9.17) is 34.8 Å². The summed E-state index contributed by atoms with van der Waals surface area (Å²) < 4.78 is 1.42. The number of hydrogen-bond acceptors (Lipinski definition) is 3. The van der Waals surface area contributed by atoms with Gasteiger partial charge in [-0.1, -0.05) is 79.8 Å². The van der Waals surface area contributed by atoms with Gasteiger partial charge in [0.15, 0.2) is 0 Å². The summed E-state index contributed by atoms with van der Waals surface area (Å²) in [4.78, 5) is 16.7. The Morgan fingerprint density at radius 1 is 1.00 bits per heavy atom. The summed E-state index contributed by atoms with van der Waals surface area (Å²) in [6.07, 6.45) is 0. The third kappa shape index (κ3) is 4.35. The van der Waals surface area contributed by atoms with Crippen molar-refractivity contribution in [2.24, 2.45) is 0 Å². The Hall–Kier alpha value is -2.01. The highest BCUT2D eigenvalue weighted by Gasteiger charge is 2.19. The largest absolute Gasteiger partial charge is 0.493 e. The Labute approximate surface area is 178 Å². The minimum absolute atomic E-state index is 0.0327. The van der Waals surface area contributed by atoms with Crippen LogP contribution in [0.2, 0.25) is 15.1 Å². The predicted molar refractivity (Wildman–Crippen MR) is 115 cm³/mol. The lowest BCUT2D eigenvalue weighted by Crippen LogP contribution is -2.23. The molecule has 0 unspecified atom stereocenters. The van der Waals surface area contributed by atoms with Crippen LogP contribution in [0.4, 0.5) is 0 Å². The quantitative estimate of drug-likeness (QED) is 0.553. The van der Waals surface area contributed by atoms with E-state index >= 15 is 0 Å². The van der Waals surface area contributed by atoms with Crippen molar-refractivity contribution in [3.63, 3.8) is 0 Å². The highest BCUT2D eigenvalue weighted by Crippen LogP contribution is 2.36. The van der Waals surface area contributed by atoms with Crippen LogP contribution in [0.3, 0.4) is 0 Å². The molecule has 146 valence electrons. The lowest BCUT2D eigenvalue weighted by atomic mass is 9.87. The van der Waals surface area contributed by atoms with Crippen LogP contribution >= 0.6 is 34.8 Å². The summed E-state index contributed by atoms with van der Waals surface area (Å²) in [6, 6.07) is 12.1. The fourth-order valence-electron chi connectivity index (χ4n) is 2.89. The maximum atomic E-state index is 12.6. The van der Waals surface area contributed by atoms with E-state index in [2.05, 4.69) is 25.8 Å². The molecule has 0 fully saturated rings. The molecule has 1 aromatic heterocycles. The monoisotopic (exact) mass is 436 g/mol. The SMILES string of the molecule is CC(C)(C)c1ccc(Cn2c(-c3c(Cl)cc(Cl)cc3Cl)nc(O)cc2=O)cc1.